The summed E-state index contributed by atoms with van der Waals surface area (Å²) in [5, 5.41) is 3.50. The highest BCUT2D eigenvalue weighted by Gasteiger charge is 2.14. The maximum atomic E-state index is 12.1. The summed E-state index contributed by atoms with van der Waals surface area (Å²) >= 11 is 3.29. The van der Waals surface area contributed by atoms with Gasteiger partial charge in [-0.25, -0.2) is 0 Å². The molecular weight excluding hydrogens is 336 g/mol. The van der Waals surface area contributed by atoms with Crippen LogP contribution in [0.5, 0.6) is 5.75 Å². The van der Waals surface area contributed by atoms with E-state index in [9.17, 15) is 13.6 Å². The predicted molar refractivity (Wildman–Crippen MR) is 74.6 cm³/mol. The van der Waals surface area contributed by atoms with E-state index in [1.807, 2.05) is 0 Å². The Hall–Kier alpha value is -1.21. The molecule has 1 N–H and O–H groups in total. The number of benzene rings is 1. The Morgan fingerprint density at radius 1 is 1.45 bits per heavy atom. The number of halogens is 3. The van der Waals surface area contributed by atoms with Crippen molar-refractivity contribution in [2.45, 2.75) is 19.1 Å². The largest absolute Gasteiger partial charge is 0.435 e. The molecule has 20 heavy (non-hydrogen) atoms. The van der Waals surface area contributed by atoms with Crippen molar-refractivity contribution in [3.63, 3.8) is 0 Å². The summed E-state index contributed by atoms with van der Waals surface area (Å²) in [6, 6.07) is 5.52. The van der Waals surface area contributed by atoms with Gasteiger partial charge in [-0.2, -0.15) is 8.78 Å². The van der Waals surface area contributed by atoms with Crippen LogP contribution in [0.4, 0.5) is 8.78 Å². The zero-order chi connectivity index (χ0) is 15.0. The summed E-state index contributed by atoms with van der Waals surface area (Å²) in [4.78, 5) is 12.0. The molecule has 1 amide bonds. The monoisotopic (exact) mass is 351 g/mol. The standard InChI is InChI=1S/C13H16BrF2NO3/c1-19-8-10(5-6-14)17-12(18)9-3-2-4-11(7-9)20-13(15)16/h2-4,7,10,13H,5-6,8H2,1H3,(H,17,18). The molecule has 0 aliphatic carbocycles. The SMILES string of the molecule is COCC(CCBr)NC(=O)c1cccc(OC(F)F)c1. The maximum absolute atomic E-state index is 12.1. The number of hydrogen-bond donors (Lipinski definition) is 1. The topological polar surface area (TPSA) is 47.6 Å². The highest BCUT2D eigenvalue weighted by molar-refractivity contribution is 9.09. The number of nitrogens with one attached hydrogen (secondary N) is 1. The fourth-order valence-corrected chi connectivity index (χ4v) is 2.16. The molecule has 1 unspecified atom stereocenters. The second-order valence-corrected chi connectivity index (χ2v) is 4.80. The lowest BCUT2D eigenvalue weighted by Gasteiger charge is -2.17. The van der Waals surface area contributed by atoms with Gasteiger partial charge in [0.25, 0.3) is 5.91 Å². The average molecular weight is 352 g/mol. The van der Waals surface area contributed by atoms with Crippen LogP contribution in [0.1, 0.15) is 16.8 Å². The van der Waals surface area contributed by atoms with Gasteiger partial charge in [-0.15, -0.1) is 0 Å². The fraction of sp³-hybridized carbons (Fsp3) is 0.462. The lowest BCUT2D eigenvalue weighted by Crippen LogP contribution is -2.38. The van der Waals surface area contributed by atoms with Crippen molar-refractivity contribution in [2.24, 2.45) is 0 Å². The zero-order valence-corrected chi connectivity index (χ0v) is 12.5. The van der Waals surface area contributed by atoms with Gasteiger partial charge in [0.2, 0.25) is 0 Å². The third kappa shape index (κ3) is 5.83. The normalized spacial score (nSPS) is 12.2. The summed E-state index contributed by atoms with van der Waals surface area (Å²) in [6.07, 6.45) is 0.701. The minimum atomic E-state index is -2.91. The van der Waals surface area contributed by atoms with E-state index < -0.39 is 6.61 Å². The third-order valence-corrected chi connectivity index (χ3v) is 2.94. The molecule has 0 spiro atoms. The molecule has 0 heterocycles. The number of ether oxygens (including phenoxy) is 2. The van der Waals surface area contributed by atoms with E-state index in [1.165, 1.54) is 24.3 Å². The molecule has 0 saturated carbocycles. The van der Waals surface area contributed by atoms with Crippen molar-refractivity contribution in [1.29, 1.82) is 0 Å². The summed E-state index contributed by atoms with van der Waals surface area (Å²) in [5.74, 6) is -0.399. The van der Waals surface area contributed by atoms with Crippen molar-refractivity contribution in [3.8, 4) is 5.75 Å². The molecule has 1 atom stereocenters. The highest BCUT2D eigenvalue weighted by Crippen LogP contribution is 2.16. The molecule has 0 bridgehead atoms. The van der Waals surface area contributed by atoms with E-state index in [4.69, 9.17) is 4.74 Å². The van der Waals surface area contributed by atoms with Gasteiger partial charge in [-0.05, 0) is 24.6 Å². The molecular formula is C13H16BrF2NO3. The van der Waals surface area contributed by atoms with Crippen LogP contribution in [0.2, 0.25) is 0 Å². The first-order valence-corrected chi connectivity index (χ1v) is 7.09. The summed E-state index contributed by atoms with van der Waals surface area (Å²) in [6.45, 7) is -2.53. The molecule has 0 aromatic heterocycles. The Morgan fingerprint density at radius 3 is 2.80 bits per heavy atom. The third-order valence-electron chi connectivity index (χ3n) is 2.48. The van der Waals surface area contributed by atoms with Gasteiger partial charge in [0.1, 0.15) is 5.75 Å². The van der Waals surface area contributed by atoms with Crippen LogP contribution in [-0.4, -0.2) is 37.6 Å². The van der Waals surface area contributed by atoms with Crippen molar-refractivity contribution in [3.05, 3.63) is 29.8 Å². The summed E-state index contributed by atoms with van der Waals surface area (Å²) < 4.78 is 33.5. The van der Waals surface area contributed by atoms with Gasteiger partial charge in [-0.3, -0.25) is 4.79 Å². The van der Waals surface area contributed by atoms with Gasteiger partial charge >= 0.3 is 6.61 Å². The fourth-order valence-electron chi connectivity index (χ4n) is 1.61. The number of carbonyl (C=O) groups excluding carboxylic acids is 1. The van der Waals surface area contributed by atoms with E-state index in [-0.39, 0.29) is 23.3 Å². The van der Waals surface area contributed by atoms with E-state index in [2.05, 4.69) is 26.0 Å². The van der Waals surface area contributed by atoms with Crippen molar-refractivity contribution in [1.82, 2.24) is 5.32 Å². The van der Waals surface area contributed by atoms with Crippen LogP contribution in [0, 0.1) is 0 Å². The van der Waals surface area contributed by atoms with Crippen LogP contribution in [0.15, 0.2) is 24.3 Å². The molecule has 0 saturated heterocycles. The van der Waals surface area contributed by atoms with E-state index in [1.54, 1.807) is 7.11 Å². The van der Waals surface area contributed by atoms with Crippen LogP contribution in [0.25, 0.3) is 0 Å². The smallest absolute Gasteiger partial charge is 0.387 e. The molecule has 112 valence electrons. The summed E-state index contributed by atoms with van der Waals surface area (Å²) in [7, 11) is 1.55. The van der Waals surface area contributed by atoms with Crippen LogP contribution in [0.3, 0.4) is 0 Å². The first-order valence-electron chi connectivity index (χ1n) is 5.97. The Balaban J connectivity index is 2.70. The number of methoxy groups -OCH3 is 1. The highest BCUT2D eigenvalue weighted by atomic mass is 79.9. The molecule has 7 heteroatoms. The number of amides is 1. The van der Waals surface area contributed by atoms with Gasteiger partial charge in [-0.1, -0.05) is 22.0 Å². The molecule has 0 aliphatic heterocycles. The van der Waals surface area contributed by atoms with Crippen LogP contribution in [-0.2, 0) is 4.74 Å². The van der Waals surface area contributed by atoms with E-state index in [0.717, 1.165) is 5.33 Å². The van der Waals surface area contributed by atoms with E-state index >= 15 is 0 Å². The van der Waals surface area contributed by atoms with Gasteiger partial charge in [0.05, 0.1) is 12.6 Å². The molecule has 1 rings (SSSR count). The Labute approximate surface area is 124 Å². The Bertz CT molecular complexity index is 426. The second kappa shape index (κ2) is 8.86. The first kappa shape index (κ1) is 16.8. The van der Waals surface area contributed by atoms with Gasteiger partial charge < -0.3 is 14.8 Å². The van der Waals surface area contributed by atoms with Gasteiger partial charge in [0.15, 0.2) is 0 Å². The van der Waals surface area contributed by atoms with E-state index in [0.29, 0.717) is 13.0 Å². The number of alkyl halides is 3. The Morgan fingerprint density at radius 2 is 2.20 bits per heavy atom. The minimum absolute atomic E-state index is 0.0450. The quantitative estimate of drug-likeness (QED) is 0.732. The molecule has 0 aliphatic rings. The first-order chi connectivity index (χ1) is 9.56. The second-order valence-electron chi connectivity index (χ2n) is 4.01. The van der Waals surface area contributed by atoms with Crippen molar-refractivity contribution < 1.29 is 23.0 Å². The number of carbonyl (C=O) groups is 1. The summed E-state index contributed by atoms with van der Waals surface area (Å²) in [5.41, 5.74) is 0.263. The zero-order valence-electron chi connectivity index (χ0n) is 10.9. The lowest BCUT2D eigenvalue weighted by molar-refractivity contribution is -0.0498. The molecule has 0 radical (unpaired) electrons. The average Bonchev–Trinajstić information content (AvgIpc) is 2.38. The Kier molecular flexibility index (Phi) is 7.46. The van der Waals surface area contributed by atoms with Crippen molar-refractivity contribution in [2.75, 3.05) is 19.0 Å². The lowest BCUT2D eigenvalue weighted by atomic mass is 10.1. The minimum Gasteiger partial charge on any atom is -0.435 e. The number of hydrogen-bond acceptors (Lipinski definition) is 3. The molecule has 1 aromatic carbocycles. The molecule has 0 fully saturated rings. The van der Waals surface area contributed by atoms with Crippen LogP contribution < -0.4 is 10.1 Å². The van der Waals surface area contributed by atoms with Gasteiger partial charge in [0, 0.05) is 18.0 Å². The predicted octanol–water partition coefficient (Wildman–Crippen LogP) is 2.82. The number of rotatable bonds is 8. The molecule has 4 nitrogen and oxygen atoms in total. The molecule has 1 aromatic rings. The van der Waals surface area contributed by atoms with Crippen LogP contribution >= 0.6 is 15.9 Å². The maximum Gasteiger partial charge on any atom is 0.387 e. The van der Waals surface area contributed by atoms with Crippen molar-refractivity contribution >= 4 is 21.8 Å².